The number of halogens is 3. The van der Waals surface area contributed by atoms with E-state index in [1.165, 1.54) is 0 Å². The van der Waals surface area contributed by atoms with Gasteiger partial charge in [0.2, 0.25) is 0 Å². The Labute approximate surface area is 101 Å². The van der Waals surface area contributed by atoms with Crippen LogP contribution in [0.15, 0.2) is 35.7 Å². The zero-order valence-electron chi connectivity index (χ0n) is 8.63. The molecule has 0 saturated carbocycles. The van der Waals surface area contributed by atoms with Crippen molar-refractivity contribution in [3.8, 4) is 5.69 Å². The maximum Gasteiger partial charge on any atom is 0.417 e. The van der Waals surface area contributed by atoms with Gasteiger partial charge in [-0.1, -0.05) is 0 Å². The summed E-state index contributed by atoms with van der Waals surface area (Å²) >= 11 is 0. The van der Waals surface area contributed by atoms with Crippen molar-refractivity contribution in [2.24, 2.45) is 0 Å². The van der Waals surface area contributed by atoms with Gasteiger partial charge >= 0.3 is 6.18 Å². The molecule has 0 saturated heterocycles. The lowest BCUT2D eigenvalue weighted by atomic mass is 10.2. The summed E-state index contributed by atoms with van der Waals surface area (Å²) in [5, 5.41) is 3.66. The van der Waals surface area contributed by atoms with Gasteiger partial charge in [-0.2, -0.15) is 18.3 Å². The SMILES string of the molecule is O=[SH](=O)c1cnn(-c2cncc(C(F)(F)F)c2)c1. The highest BCUT2D eigenvalue weighted by molar-refractivity contribution is 7.72. The zero-order valence-corrected chi connectivity index (χ0v) is 9.52. The highest BCUT2D eigenvalue weighted by atomic mass is 32.2. The smallest absolute Gasteiger partial charge is 0.262 e. The molecule has 9 heteroatoms. The molecule has 0 N–H and O–H groups in total. The molecule has 0 fully saturated rings. The molecule has 18 heavy (non-hydrogen) atoms. The Morgan fingerprint density at radius 3 is 2.44 bits per heavy atom. The van der Waals surface area contributed by atoms with Crippen molar-refractivity contribution in [3.05, 3.63) is 36.4 Å². The summed E-state index contributed by atoms with van der Waals surface area (Å²) in [7, 11) is -2.82. The lowest BCUT2D eigenvalue weighted by molar-refractivity contribution is -0.137. The van der Waals surface area contributed by atoms with Crippen LogP contribution in [-0.2, 0) is 16.9 Å². The van der Waals surface area contributed by atoms with Gasteiger partial charge in [0.25, 0.3) is 0 Å². The molecule has 5 nitrogen and oxygen atoms in total. The molecule has 0 aromatic carbocycles. The summed E-state index contributed by atoms with van der Waals surface area (Å²) in [4.78, 5) is 3.37. The highest BCUT2D eigenvalue weighted by Crippen LogP contribution is 2.29. The number of aromatic nitrogens is 3. The van der Waals surface area contributed by atoms with Gasteiger partial charge in [-0.3, -0.25) is 4.98 Å². The van der Waals surface area contributed by atoms with E-state index >= 15 is 0 Å². The largest absolute Gasteiger partial charge is 0.417 e. The first-order valence-electron chi connectivity index (χ1n) is 4.59. The fourth-order valence-electron chi connectivity index (χ4n) is 1.26. The van der Waals surface area contributed by atoms with Crippen molar-refractivity contribution in [1.29, 1.82) is 0 Å². The molecule has 0 unspecified atom stereocenters. The van der Waals surface area contributed by atoms with E-state index in [0.29, 0.717) is 6.20 Å². The van der Waals surface area contributed by atoms with E-state index in [1.54, 1.807) is 0 Å². The van der Waals surface area contributed by atoms with Crippen LogP contribution in [0.3, 0.4) is 0 Å². The number of pyridine rings is 1. The zero-order chi connectivity index (χ0) is 13.3. The first kappa shape index (κ1) is 12.6. The van der Waals surface area contributed by atoms with Crippen LogP contribution in [0.2, 0.25) is 0 Å². The van der Waals surface area contributed by atoms with Crippen LogP contribution in [0.25, 0.3) is 5.69 Å². The quantitative estimate of drug-likeness (QED) is 0.839. The van der Waals surface area contributed by atoms with Gasteiger partial charge in [0.15, 0.2) is 10.7 Å². The third-order valence-corrected chi connectivity index (χ3v) is 2.75. The summed E-state index contributed by atoms with van der Waals surface area (Å²) in [6.07, 6.45) is -0.511. The van der Waals surface area contributed by atoms with Crippen molar-refractivity contribution in [3.63, 3.8) is 0 Å². The fraction of sp³-hybridized carbons (Fsp3) is 0.111. The molecule has 96 valence electrons. The average Bonchev–Trinajstić information content (AvgIpc) is 2.77. The standard InChI is InChI=1S/C9H6F3N3O2S/c10-9(11,12)6-1-7(3-13-2-6)15-5-8(4-14-15)18(16)17/h1-5,18H. The van der Waals surface area contributed by atoms with Crippen molar-refractivity contribution in [1.82, 2.24) is 14.8 Å². The number of alkyl halides is 3. The van der Waals surface area contributed by atoms with E-state index in [4.69, 9.17) is 0 Å². The second-order valence-electron chi connectivity index (χ2n) is 3.33. The molecule has 0 aliphatic carbocycles. The summed E-state index contributed by atoms with van der Waals surface area (Å²) in [6, 6.07) is 0.835. The highest BCUT2D eigenvalue weighted by Gasteiger charge is 2.31. The molecule has 2 rings (SSSR count). The van der Waals surface area contributed by atoms with E-state index in [1.807, 2.05) is 0 Å². The Morgan fingerprint density at radius 1 is 1.17 bits per heavy atom. The lowest BCUT2D eigenvalue weighted by Gasteiger charge is -2.07. The van der Waals surface area contributed by atoms with Crippen LogP contribution in [0, 0.1) is 0 Å². The molecule has 2 heterocycles. The number of rotatable bonds is 2. The molecule has 0 spiro atoms. The monoisotopic (exact) mass is 277 g/mol. The van der Waals surface area contributed by atoms with Crippen LogP contribution in [0.4, 0.5) is 13.2 Å². The summed E-state index contributed by atoms with van der Waals surface area (Å²) in [6.45, 7) is 0. The van der Waals surface area contributed by atoms with Gasteiger partial charge in [-0.25, -0.2) is 13.1 Å². The number of hydrogen-bond donors (Lipinski definition) is 1. The topological polar surface area (TPSA) is 64.8 Å². The van der Waals surface area contributed by atoms with Crippen LogP contribution in [0.1, 0.15) is 5.56 Å². The first-order valence-corrected chi connectivity index (χ1v) is 5.77. The molecule has 0 atom stereocenters. The van der Waals surface area contributed by atoms with Crippen molar-refractivity contribution in [2.75, 3.05) is 0 Å². The minimum Gasteiger partial charge on any atom is -0.262 e. The van der Waals surface area contributed by atoms with E-state index in [-0.39, 0.29) is 10.6 Å². The van der Waals surface area contributed by atoms with E-state index in [9.17, 15) is 21.6 Å². The summed E-state index contributed by atoms with van der Waals surface area (Å²) < 4.78 is 59.7. The van der Waals surface area contributed by atoms with E-state index in [2.05, 4.69) is 10.1 Å². The Bertz CT molecular complexity index is 641. The van der Waals surface area contributed by atoms with Crippen molar-refractivity contribution >= 4 is 10.7 Å². The third kappa shape index (κ3) is 2.50. The molecule has 0 radical (unpaired) electrons. The van der Waals surface area contributed by atoms with E-state index < -0.39 is 22.4 Å². The van der Waals surface area contributed by atoms with Gasteiger partial charge in [-0.15, -0.1) is 0 Å². The second kappa shape index (κ2) is 4.41. The number of hydrogen-bond acceptors (Lipinski definition) is 4. The van der Waals surface area contributed by atoms with Gasteiger partial charge < -0.3 is 0 Å². The third-order valence-electron chi connectivity index (χ3n) is 2.10. The van der Waals surface area contributed by atoms with Gasteiger partial charge in [0, 0.05) is 12.4 Å². The lowest BCUT2D eigenvalue weighted by Crippen LogP contribution is -2.07. The van der Waals surface area contributed by atoms with Crippen LogP contribution >= 0.6 is 0 Å². The van der Waals surface area contributed by atoms with Gasteiger partial charge in [0.1, 0.15) is 4.90 Å². The summed E-state index contributed by atoms with van der Waals surface area (Å²) in [5.41, 5.74) is -0.892. The molecule has 0 aliphatic heterocycles. The Kier molecular flexibility index (Phi) is 3.07. The van der Waals surface area contributed by atoms with E-state index in [0.717, 1.165) is 29.3 Å². The Balaban J connectivity index is 2.44. The van der Waals surface area contributed by atoms with Gasteiger partial charge in [0.05, 0.1) is 23.6 Å². The molecular formula is C9H6F3N3O2S. The van der Waals surface area contributed by atoms with Crippen LogP contribution in [0.5, 0.6) is 0 Å². The first-order chi connectivity index (χ1) is 8.38. The number of thiol groups is 1. The van der Waals surface area contributed by atoms with Crippen molar-refractivity contribution in [2.45, 2.75) is 11.1 Å². The fourth-order valence-corrected chi connectivity index (χ4v) is 1.61. The maximum absolute atomic E-state index is 12.5. The van der Waals surface area contributed by atoms with Crippen molar-refractivity contribution < 1.29 is 21.6 Å². The predicted molar refractivity (Wildman–Crippen MR) is 54.9 cm³/mol. The maximum atomic E-state index is 12.5. The normalized spacial score (nSPS) is 12.0. The average molecular weight is 277 g/mol. The minimum absolute atomic E-state index is 0.0351. The van der Waals surface area contributed by atoms with Crippen LogP contribution < -0.4 is 0 Å². The summed E-state index contributed by atoms with van der Waals surface area (Å²) in [5.74, 6) is 0. The number of nitrogens with zero attached hydrogens (tertiary/aromatic N) is 3. The predicted octanol–water partition coefficient (Wildman–Crippen LogP) is 1.26. The Morgan fingerprint density at radius 2 is 1.89 bits per heavy atom. The molecular weight excluding hydrogens is 271 g/mol. The molecule has 0 aliphatic rings. The molecule has 2 aromatic rings. The molecule has 0 amide bonds. The molecule has 0 bridgehead atoms. The van der Waals surface area contributed by atoms with Crippen LogP contribution in [-0.4, -0.2) is 23.2 Å². The Hall–Kier alpha value is -1.90. The molecule has 2 aromatic heterocycles. The minimum atomic E-state index is -4.51. The van der Waals surface area contributed by atoms with Gasteiger partial charge in [-0.05, 0) is 6.07 Å². The second-order valence-corrected chi connectivity index (χ2v) is 4.36.